The van der Waals surface area contributed by atoms with Crippen molar-refractivity contribution in [3.63, 3.8) is 0 Å². The Kier molecular flexibility index (Phi) is 7.78. The van der Waals surface area contributed by atoms with Gasteiger partial charge < -0.3 is 15.0 Å². The van der Waals surface area contributed by atoms with E-state index in [9.17, 15) is 22.8 Å². The third-order valence-electron chi connectivity index (χ3n) is 4.51. The topological polar surface area (TPSA) is 110 Å². The van der Waals surface area contributed by atoms with Crippen LogP contribution in [0.5, 0.6) is 0 Å². The lowest BCUT2D eigenvalue weighted by Gasteiger charge is -2.29. The van der Waals surface area contributed by atoms with Crippen LogP contribution in [0.1, 0.15) is 32.8 Å². The molecule has 0 aromatic heterocycles. The molecule has 1 aromatic carbocycles. The summed E-state index contributed by atoms with van der Waals surface area (Å²) in [4.78, 5) is 37.2. The SMILES string of the molecule is CC(=O)Nc1ccc(CC(=O)OCC(=O)N(CC(C)C)[C@H]2CCS(=O)(=O)C2)cc1. The largest absolute Gasteiger partial charge is 0.455 e. The van der Waals surface area contributed by atoms with E-state index in [2.05, 4.69) is 5.32 Å². The van der Waals surface area contributed by atoms with Crippen LogP contribution in [0.25, 0.3) is 0 Å². The smallest absolute Gasteiger partial charge is 0.310 e. The van der Waals surface area contributed by atoms with Gasteiger partial charge in [-0.2, -0.15) is 0 Å². The first kappa shape index (κ1) is 22.9. The van der Waals surface area contributed by atoms with Gasteiger partial charge in [0, 0.05) is 25.2 Å². The van der Waals surface area contributed by atoms with E-state index in [1.165, 1.54) is 11.8 Å². The number of rotatable bonds is 8. The average molecular weight is 425 g/mol. The van der Waals surface area contributed by atoms with Gasteiger partial charge >= 0.3 is 5.97 Å². The standard InChI is InChI=1S/C20H28N2O6S/c1-14(2)11-22(18-8-9-29(26,27)13-18)19(24)12-28-20(25)10-16-4-6-17(7-5-16)21-15(3)23/h4-7,14,18H,8-13H2,1-3H3,(H,21,23)/t18-/m0/s1. The van der Waals surface area contributed by atoms with Gasteiger partial charge in [-0.15, -0.1) is 0 Å². The van der Waals surface area contributed by atoms with Gasteiger partial charge in [0.1, 0.15) is 0 Å². The highest BCUT2D eigenvalue weighted by atomic mass is 32.2. The van der Waals surface area contributed by atoms with Crippen molar-refractivity contribution in [2.45, 2.75) is 39.7 Å². The molecular weight excluding hydrogens is 396 g/mol. The predicted molar refractivity (Wildman–Crippen MR) is 109 cm³/mol. The highest BCUT2D eigenvalue weighted by Gasteiger charge is 2.35. The Hall–Kier alpha value is -2.42. The van der Waals surface area contributed by atoms with Gasteiger partial charge in [0.15, 0.2) is 16.4 Å². The highest BCUT2D eigenvalue weighted by Crippen LogP contribution is 2.19. The molecule has 0 radical (unpaired) electrons. The van der Waals surface area contributed by atoms with E-state index in [0.717, 1.165) is 0 Å². The van der Waals surface area contributed by atoms with Crippen molar-refractivity contribution < 1.29 is 27.5 Å². The van der Waals surface area contributed by atoms with Crippen LogP contribution in [0.2, 0.25) is 0 Å². The normalized spacial score (nSPS) is 17.7. The van der Waals surface area contributed by atoms with Crippen molar-refractivity contribution in [2.75, 3.05) is 30.0 Å². The molecule has 9 heteroatoms. The molecule has 1 aliphatic heterocycles. The molecule has 0 spiro atoms. The Morgan fingerprint density at radius 1 is 1.21 bits per heavy atom. The maximum Gasteiger partial charge on any atom is 0.310 e. The van der Waals surface area contributed by atoms with E-state index >= 15 is 0 Å². The lowest BCUT2D eigenvalue weighted by atomic mass is 10.1. The van der Waals surface area contributed by atoms with Gasteiger partial charge in [0.25, 0.3) is 5.91 Å². The summed E-state index contributed by atoms with van der Waals surface area (Å²) in [5.41, 5.74) is 1.32. The van der Waals surface area contributed by atoms with E-state index in [4.69, 9.17) is 4.74 Å². The molecule has 1 saturated heterocycles. The zero-order valence-electron chi connectivity index (χ0n) is 17.0. The number of esters is 1. The first-order valence-electron chi connectivity index (χ1n) is 9.58. The molecule has 160 valence electrons. The molecule has 0 saturated carbocycles. The van der Waals surface area contributed by atoms with Crippen LogP contribution in [0.4, 0.5) is 5.69 Å². The first-order chi connectivity index (χ1) is 13.6. The minimum atomic E-state index is -3.12. The number of hydrogen-bond donors (Lipinski definition) is 1. The molecule has 1 atom stereocenters. The van der Waals surface area contributed by atoms with Gasteiger partial charge in [0.05, 0.1) is 17.9 Å². The van der Waals surface area contributed by atoms with Gasteiger partial charge in [-0.1, -0.05) is 26.0 Å². The number of nitrogens with one attached hydrogen (secondary N) is 1. The molecule has 1 aromatic rings. The van der Waals surface area contributed by atoms with Gasteiger partial charge in [-0.25, -0.2) is 8.42 Å². The Morgan fingerprint density at radius 2 is 1.86 bits per heavy atom. The third kappa shape index (κ3) is 7.49. The average Bonchev–Trinajstić information content (AvgIpc) is 2.98. The molecule has 2 amide bonds. The molecule has 1 fully saturated rings. The Labute approximate surface area is 171 Å². The fourth-order valence-electron chi connectivity index (χ4n) is 3.22. The van der Waals surface area contributed by atoms with E-state index in [1.54, 1.807) is 24.3 Å². The molecular formula is C20H28N2O6S. The van der Waals surface area contributed by atoms with Crippen LogP contribution in [0, 0.1) is 5.92 Å². The zero-order chi connectivity index (χ0) is 21.6. The van der Waals surface area contributed by atoms with Crippen molar-refractivity contribution in [1.82, 2.24) is 4.90 Å². The molecule has 1 N–H and O–H groups in total. The van der Waals surface area contributed by atoms with Gasteiger partial charge in [0.2, 0.25) is 5.91 Å². The summed E-state index contributed by atoms with van der Waals surface area (Å²) in [5, 5.41) is 2.64. The number of carbonyl (C=O) groups excluding carboxylic acids is 3. The maximum atomic E-state index is 12.6. The Balaban J connectivity index is 1.89. The van der Waals surface area contributed by atoms with Gasteiger partial charge in [-0.3, -0.25) is 14.4 Å². The molecule has 0 bridgehead atoms. The van der Waals surface area contributed by atoms with Crippen LogP contribution in [-0.2, 0) is 35.4 Å². The summed E-state index contributed by atoms with van der Waals surface area (Å²) in [6, 6.07) is 6.39. The monoisotopic (exact) mass is 424 g/mol. The summed E-state index contributed by atoms with van der Waals surface area (Å²) in [7, 11) is -3.12. The lowest BCUT2D eigenvalue weighted by Crippen LogP contribution is -2.45. The van der Waals surface area contributed by atoms with Crippen molar-refractivity contribution in [3.05, 3.63) is 29.8 Å². The minimum absolute atomic E-state index is 0.00435. The maximum absolute atomic E-state index is 12.6. The van der Waals surface area contributed by atoms with Crippen LogP contribution in [0.3, 0.4) is 0 Å². The number of hydrogen-bond acceptors (Lipinski definition) is 6. The molecule has 1 aliphatic rings. The van der Waals surface area contributed by atoms with Crippen molar-refractivity contribution in [2.24, 2.45) is 5.92 Å². The van der Waals surface area contributed by atoms with Crippen LogP contribution >= 0.6 is 0 Å². The number of nitrogens with zero attached hydrogens (tertiary/aromatic N) is 1. The van der Waals surface area contributed by atoms with Crippen molar-refractivity contribution in [3.8, 4) is 0 Å². The zero-order valence-corrected chi connectivity index (χ0v) is 17.8. The highest BCUT2D eigenvalue weighted by molar-refractivity contribution is 7.91. The van der Waals surface area contributed by atoms with E-state index in [0.29, 0.717) is 24.2 Å². The van der Waals surface area contributed by atoms with E-state index in [1.807, 2.05) is 13.8 Å². The minimum Gasteiger partial charge on any atom is -0.455 e. The summed E-state index contributed by atoms with van der Waals surface area (Å²) < 4.78 is 28.6. The fraction of sp³-hybridized carbons (Fsp3) is 0.550. The summed E-state index contributed by atoms with van der Waals surface area (Å²) in [6.45, 7) is 5.31. The summed E-state index contributed by atoms with van der Waals surface area (Å²) >= 11 is 0. The summed E-state index contributed by atoms with van der Waals surface area (Å²) in [6.07, 6.45) is 0.408. The molecule has 29 heavy (non-hydrogen) atoms. The number of sulfone groups is 1. The molecule has 2 rings (SSSR count). The molecule has 0 unspecified atom stereocenters. The molecule has 0 aliphatic carbocycles. The van der Waals surface area contributed by atoms with Crippen molar-refractivity contribution in [1.29, 1.82) is 0 Å². The van der Waals surface area contributed by atoms with Crippen LogP contribution in [-0.4, -0.2) is 61.8 Å². The van der Waals surface area contributed by atoms with Gasteiger partial charge in [-0.05, 0) is 30.0 Å². The van der Waals surface area contributed by atoms with Crippen LogP contribution < -0.4 is 5.32 Å². The number of anilines is 1. The number of benzene rings is 1. The third-order valence-corrected chi connectivity index (χ3v) is 6.26. The number of carbonyl (C=O) groups is 3. The summed E-state index contributed by atoms with van der Waals surface area (Å²) in [5.74, 6) is -0.908. The Bertz CT molecular complexity index is 848. The quantitative estimate of drug-likeness (QED) is 0.632. The first-order valence-corrected chi connectivity index (χ1v) is 11.4. The lowest BCUT2D eigenvalue weighted by molar-refractivity contribution is -0.152. The van der Waals surface area contributed by atoms with E-state index in [-0.39, 0.29) is 41.7 Å². The second-order valence-corrected chi connectivity index (χ2v) is 9.94. The second-order valence-electron chi connectivity index (χ2n) is 7.71. The fourth-order valence-corrected chi connectivity index (χ4v) is 4.95. The van der Waals surface area contributed by atoms with E-state index < -0.39 is 22.4 Å². The van der Waals surface area contributed by atoms with Crippen molar-refractivity contribution >= 4 is 33.3 Å². The number of amides is 2. The number of ether oxygens (including phenoxy) is 1. The molecule has 1 heterocycles. The van der Waals surface area contributed by atoms with Crippen LogP contribution in [0.15, 0.2) is 24.3 Å². The predicted octanol–water partition coefficient (Wildman–Crippen LogP) is 1.40. The second kappa shape index (κ2) is 9.87. The molecule has 8 nitrogen and oxygen atoms in total. The Morgan fingerprint density at radius 3 is 2.38 bits per heavy atom.